The molecule has 0 nitrogen and oxygen atoms in total. The lowest BCUT2D eigenvalue weighted by molar-refractivity contribution is 0.659. The van der Waals surface area contributed by atoms with Gasteiger partial charge in [-0.2, -0.15) is 0 Å². The summed E-state index contributed by atoms with van der Waals surface area (Å²) in [5.41, 5.74) is 22.3. The lowest BCUT2D eigenvalue weighted by Crippen LogP contribution is -2.17. The SMILES string of the molecule is CC1(C)c2cc3c(cc2-c2c1cc(-c1ccccc1)c1ccccc21)CCc1cc2c(cc1-3)C(C)(C)c1cc(-c3ccccc3)c3ccccc3c1-2. The van der Waals surface area contributed by atoms with E-state index in [1.807, 2.05) is 0 Å². The van der Waals surface area contributed by atoms with Gasteiger partial charge in [0, 0.05) is 10.8 Å². The van der Waals surface area contributed by atoms with E-state index >= 15 is 0 Å². The van der Waals surface area contributed by atoms with Gasteiger partial charge in [-0.05, 0) is 148 Å². The quantitative estimate of drug-likeness (QED) is 0.173. The summed E-state index contributed by atoms with van der Waals surface area (Å²) in [5.74, 6) is 0. The molecule has 0 aliphatic heterocycles. The van der Waals surface area contributed by atoms with Gasteiger partial charge in [-0.25, -0.2) is 0 Å². The predicted molar refractivity (Wildman–Crippen MR) is 220 cm³/mol. The van der Waals surface area contributed by atoms with E-state index in [4.69, 9.17) is 0 Å². The van der Waals surface area contributed by atoms with Crippen LogP contribution < -0.4 is 0 Å². The predicted octanol–water partition coefficient (Wildman–Crippen LogP) is 13.7. The Kier molecular flexibility index (Phi) is 6.01. The van der Waals surface area contributed by atoms with Crippen LogP contribution in [0.3, 0.4) is 0 Å². The largest absolute Gasteiger partial charge is 0.0622 e. The van der Waals surface area contributed by atoms with Crippen molar-refractivity contribution < 1.29 is 0 Å². The zero-order chi connectivity index (χ0) is 34.9. The fourth-order valence-corrected chi connectivity index (χ4v) is 10.2. The van der Waals surface area contributed by atoms with E-state index < -0.39 is 0 Å². The molecule has 0 spiro atoms. The Balaban J connectivity index is 1.11. The summed E-state index contributed by atoms with van der Waals surface area (Å²) in [4.78, 5) is 0. The minimum absolute atomic E-state index is 0.121. The van der Waals surface area contributed by atoms with Crippen LogP contribution in [0.15, 0.2) is 146 Å². The van der Waals surface area contributed by atoms with Gasteiger partial charge >= 0.3 is 0 Å². The van der Waals surface area contributed by atoms with Crippen molar-refractivity contribution in [3.8, 4) is 55.6 Å². The third-order valence-electron chi connectivity index (χ3n) is 12.9. The number of hydrogen-bond donors (Lipinski definition) is 0. The van der Waals surface area contributed by atoms with Crippen molar-refractivity contribution in [1.82, 2.24) is 0 Å². The van der Waals surface area contributed by atoms with Crippen molar-refractivity contribution in [3.05, 3.63) is 179 Å². The Labute approximate surface area is 306 Å². The van der Waals surface area contributed by atoms with E-state index in [1.54, 1.807) is 0 Å². The number of aryl methyl sites for hydroxylation is 2. The molecule has 11 rings (SSSR count). The van der Waals surface area contributed by atoms with Crippen molar-refractivity contribution in [2.24, 2.45) is 0 Å². The smallest absolute Gasteiger partial charge is 0.0159 e. The zero-order valence-electron chi connectivity index (χ0n) is 30.3. The van der Waals surface area contributed by atoms with Crippen LogP contribution in [0.2, 0.25) is 0 Å². The lowest BCUT2D eigenvalue weighted by atomic mass is 9.76. The highest BCUT2D eigenvalue weighted by molar-refractivity contribution is 6.11. The molecule has 0 saturated carbocycles. The van der Waals surface area contributed by atoms with Crippen molar-refractivity contribution in [2.75, 3.05) is 0 Å². The van der Waals surface area contributed by atoms with Gasteiger partial charge in [-0.1, -0.05) is 149 Å². The molecule has 0 fully saturated rings. The van der Waals surface area contributed by atoms with E-state index in [9.17, 15) is 0 Å². The van der Waals surface area contributed by atoms with E-state index in [-0.39, 0.29) is 10.8 Å². The molecule has 8 aromatic carbocycles. The summed E-state index contributed by atoms with van der Waals surface area (Å²) in [5, 5.41) is 5.39. The Hall–Kier alpha value is -5.72. The van der Waals surface area contributed by atoms with Gasteiger partial charge in [-0.3, -0.25) is 0 Å². The molecule has 248 valence electrons. The maximum atomic E-state index is 2.59. The van der Waals surface area contributed by atoms with Crippen LogP contribution in [-0.2, 0) is 23.7 Å². The molecule has 0 heterocycles. The molecule has 8 aromatic rings. The maximum absolute atomic E-state index is 2.59. The Morgan fingerprint density at radius 3 is 1.08 bits per heavy atom. The van der Waals surface area contributed by atoms with Crippen molar-refractivity contribution in [2.45, 2.75) is 51.4 Å². The summed E-state index contributed by atoms with van der Waals surface area (Å²) in [6, 6.07) is 55.3. The highest BCUT2D eigenvalue weighted by Gasteiger charge is 2.41. The fourth-order valence-electron chi connectivity index (χ4n) is 10.2. The van der Waals surface area contributed by atoms with Gasteiger partial charge in [0.1, 0.15) is 0 Å². The van der Waals surface area contributed by atoms with Crippen molar-refractivity contribution in [3.63, 3.8) is 0 Å². The normalized spacial score (nSPS) is 15.5. The summed E-state index contributed by atoms with van der Waals surface area (Å²) in [6.45, 7) is 9.76. The van der Waals surface area contributed by atoms with Gasteiger partial charge in [0.2, 0.25) is 0 Å². The molecule has 3 aliphatic carbocycles. The first-order chi connectivity index (χ1) is 25.3. The van der Waals surface area contributed by atoms with E-state index in [0.29, 0.717) is 0 Å². The van der Waals surface area contributed by atoms with Crippen molar-refractivity contribution >= 4 is 21.5 Å². The van der Waals surface area contributed by atoms with Crippen LogP contribution in [-0.4, -0.2) is 0 Å². The molecule has 0 amide bonds. The van der Waals surface area contributed by atoms with E-state index in [1.165, 1.54) is 111 Å². The molecule has 3 aliphatic rings. The van der Waals surface area contributed by atoms with E-state index in [2.05, 4.69) is 173 Å². The highest BCUT2D eigenvalue weighted by Crippen LogP contribution is 2.58. The van der Waals surface area contributed by atoms with Crippen molar-refractivity contribution in [1.29, 1.82) is 0 Å². The van der Waals surface area contributed by atoms with Crippen LogP contribution in [0.1, 0.15) is 61.1 Å². The summed E-state index contributed by atoms with van der Waals surface area (Å²) in [7, 11) is 0. The van der Waals surface area contributed by atoms with Crippen LogP contribution in [0.25, 0.3) is 77.2 Å². The molecule has 0 N–H and O–H groups in total. The first-order valence-corrected chi connectivity index (χ1v) is 18.9. The lowest BCUT2D eigenvalue weighted by Gasteiger charge is -2.28. The highest BCUT2D eigenvalue weighted by atomic mass is 14.4. The molecular weight excluding hydrogens is 625 g/mol. The molecule has 0 aromatic heterocycles. The van der Waals surface area contributed by atoms with Gasteiger partial charge in [0.05, 0.1) is 0 Å². The molecule has 0 saturated heterocycles. The second kappa shape index (κ2) is 10.4. The summed E-state index contributed by atoms with van der Waals surface area (Å²) < 4.78 is 0. The molecule has 0 radical (unpaired) electrons. The van der Waals surface area contributed by atoms with Gasteiger partial charge in [0.15, 0.2) is 0 Å². The minimum Gasteiger partial charge on any atom is -0.0622 e. The Bertz CT molecular complexity index is 2620. The second-order valence-corrected chi connectivity index (χ2v) is 16.4. The molecular formula is C52H40. The number of rotatable bonds is 2. The van der Waals surface area contributed by atoms with Gasteiger partial charge in [0.25, 0.3) is 0 Å². The van der Waals surface area contributed by atoms with Crippen LogP contribution in [0.4, 0.5) is 0 Å². The standard InChI is InChI=1S/C52H40/c1-51(2)45-27-41-33(25-43(45)49-37-21-13-11-19-35(37)39(29-47(49)51)31-15-7-5-8-16-31)23-24-34-26-44-46(28-42(34)41)52(3,4)48-30-40(32-17-9-6-10-18-32)36-20-12-14-22-38(36)50(44)48/h5-22,25-30H,23-24H2,1-4H3. The van der Waals surface area contributed by atoms with Gasteiger partial charge in [-0.15, -0.1) is 0 Å². The second-order valence-electron chi connectivity index (χ2n) is 16.4. The van der Waals surface area contributed by atoms with Gasteiger partial charge < -0.3 is 0 Å². The third-order valence-corrected chi connectivity index (χ3v) is 12.9. The summed E-state index contributed by atoms with van der Waals surface area (Å²) >= 11 is 0. The third kappa shape index (κ3) is 3.93. The molecule has 52 heavy (non-hydrogen) atoms. The molecule has 0 heteroatoms. The minimum atomic E-state index is -0.121. The van der Waals surface area contributed by atoms with Crippen LogP contribution in [0, 0.1) is 0 Å². The molecule has 0 unspecified atom stereocenters. The Morgan fingerprint density at radius 2 is 0.673 bits per heavy atom. The first-order valence-electron chi connectivity index (χ1n) is 18.9. The molecule has 0 atom stereocenters. The average molecular weight is 665 g/mol. The number of fused-ring (bicyclic) bond motifs is 13. The topological polar surface area (TPSA) is 0 Å². The number of hydrogen-bond acceptors (Lipinski definition) is 0. The van der Waals surface area contributed by atoms with Crippen LogP contribution >= 0.6 is 0 Å². The zero-order valence-corrected chi connectivity index (χ0v) is 30.3. The monoisotopic (exact) mass is 664 g/mol. The van der Waals surface area contributed by atoms with E-state index in [0.717, 1.165) is 12.8 Å². The molecule has 0 bridgehead atoms. The van der Waals surface area contributed by atoms with Crippen LogP contribution in [0.5, 0.6) is 0 Å². The summed E-state index contributed by atoms with van der Waals surface area (Å²) in [6.07, 6.45) is 2.13. The maximum Gasteiger partial charge on any atom is 0.0159 e. The first kappa shape index (κ1) is 30.0. The number of benzene rings is 8. The Morgan fingerprint density at radius 1 is 0.327 bits per heavy atom. The average Bonchev–Trinajstić information content (AvgIpc) is 3.54. The fraction of sp³-hybridized carbons (Fsp3) is 0.154.